The lowest BCUT2D eigenvalue weighted by Gasteiger charge is -2.18. The molecule has 0 saturated heterocycles. The minimum absolute atomic E-state index is 0.00134. The maximum Gasteiger partial charge on any atom is 0.417 e. The number of hydrogen-bond donors (Lipinski definition) is 0. The van der Waals surface area contributed by atoms with Crippen molar-refractivity contribution in [1.82, 2.24) is 4.98 Å². The molecule has 1 heterocycles. The number of nitrogens with zero attached hydrogens (tertiary/aromatic N) is 1. The number of aromatic nitrogens is 1. The number of rotatable bonds is 1. The second-order valence-electron chi connectivity index (χ2n) is 4.93. The van der Waals surface area contributed by atoms with E-state index in [9.17, 15) is 26.3 Å². The van der Waals surface area contributed by atoms with Crippen LogP contribution in [0, 0.1) is 13.8 Å². The third-order valence-corrected chi connectivity index (χ3v) is 3.14. The molecule has 0 atom stereocenters. The van der Waals surface area contributed by atoms with E-state index >= 15 is 0 Å². The van der Waals surface area contributed by atoms with Crippen LogP contribution in [-0.4, -0.2) is 4.98 Å². The Kier molecular flexibility index (Phi) is 3.93. The van der Waals surface area contributed by atoms with Crippen molar-refractivity contribution in [3.63, 3.8) is 0 Å². The second-order valence-corrected chi connectivity index (χ2v) is 4.93. The van der Waals surface area contributed by atoms with E-state index in [0.717, 1.165) is 0 Å². The van der Waals surface area contributed by atoms with Gasteiger partial charge in [-0.05, 0) is 49.2 Å². The fourth-order valence-corrected chi connectivity index (χ4v) is 2.19. The van der Waals surface area contributed by atoms with Crippen molar-refractivity contribution in [2.45, 2.75) is 26.2 Å². The van der Waals surface area contributed by atoms with Gasteiger partial charge in [0.05, 0.1) is 16.8 Å². The summed E-state index contributed by atoms with van der Waals surface area (Å²) < 4.78 is 77.8. The van der Waals surface area contributed by atoms with Gasteiger partial charge in [-0.3, -0.25) is 4.98 Å². The number of alkyl halides is 6. The summed E-state index contributed by atoms with van der Waals surface area (Å²) in [6.07, 6.45) is -8.43. The van der Waals surface area contributed by atoms with Gasteiger partial charge in [-0.15, -0.1) is 0 Å². The third-order valence-electron chi connectivity index (χ3n) is 3.14. The smallest absolute Gasteiger partial charge is 0.256 e. The average molecular weight is 319 g/mol. The van der Waals surface area contributed by atoms with Crippen LogP contribution in [0.1, 0.15) is 22.3 Å². The van der Waals surface area contributed by atoms with Gasteiger partial charge in [0.15, 0.2) is 0 Å². The molecular weight excluding hydrogens is 308 g/mol. The molecule has 1 aromatic carbocycles. The Morgan fingerprint density at radius 3 is 2.00 bits per heavy atom. The van der Waals surface area contributed by atoms with Gasteiger partial charge in [-0.2, -0.15) is 26.3 Å². The summed E-state index contributed by atoms with van der Waals surface area (Å²) in [5.41, 5.74) is -2.45. The Hall–Kier alpha value is -2.05. The lowest BCUT2D eigenvalue weighted by atomic mass is 9.94. The highest BCUT2D eigenvalue weighted by atomic mass is 19.4. The fraction of sp³-hybridized carbons (Fsp3) is 0.267. The Balaban J connectivity index is 2.79. The molecule has 2 aromatic rings. The Bertz CT molecular complexity index is 700. The van der Waals surface area contributed by atoms with Crippen LogP contribution in [0.15, 0.2) is 30.5 Å². The molecule has 0 radical (unpaired) electrons. The predicted molar refractivity (Wildman–Crippen MR) is 69.2 cm³/mol. The number of pyridine rings is 1. The zero-order valence-electron chi connectivity index (χ0n) is 11.6. The maximum atomic E-state index is 13.2. The Morgan fingerprint density at radius 1 is 0.864 bits per heavy atom. The van der Waals surface area contributed by atoms with Gasteiger partial charge in [0.1, 0.15) is 0 Å². The molecule has 118 valence electrons. The van der Waals surface area contributed by atoms with Crippen molar-refractivity contribution < 1.29 is 26.3 Å². The number of halogens is 6. The molecule has 0 aliphatic heterocycles. The molecular formula is C15H11F6N. The molecule has 7 heteroatoms. The maximum absolute atomic E-state index is 13.2. The van der Waals surface area contributed by atoms with Crippen molar-refractivity contribution in [2.75, 3.05) is 0 Å². The monoisotopic (exact) mass is 319 g/mol. The van der Waals surface area contributed by atoms with Crippen LogP contribution in [0.25, 0.3) is 11.3 Å². The van der Waals surface area contributed by atoms with Gasteiger partial charge in [-0.1, -0.05) is 0 Å². The van der Waals surface area contributed by atoms with Crippen LogP contribution in [0.3, 0.4) is 0 Å². The van der Waals surface area contributed by atoms with Crippen molar-refractivity contribution in [1.29, 1.82) is 0 Å². The first-order chi connectivity index (χ1) is 10.00. The number of hydrogen-bond acceptors (Lipinski definition) is 1. The summed E-state index contributed by atoms with van der Waals surface area (Å²) in [5.74, 6) is 0. The zero-order chi connectivity index (χ0) is 16.7. The van der Waals surface area contributed by atoms with Gasteiger partial charge in [0, 0.05) is 11.8 Å². The first-order valence-corrected chi connectivity index (χ1v) is 6.22. The van der Waals surface area contributed by atoms with Crippen molar-refractivity contribution in [3.05, 3.63) is 52.7 Å². The molecule has 0 aliphatic carbocycles. The number of benzene rings is 1. The minimum Gasteiger partial charge on any atom is -0.256 e. The summed E-state index contributed by atoms with van der Waals surface area (Å²) in [7, 11) is 0. The summed E-state index contributed by atoms with van der Waals surface area (Å²) in [4.78, 5) is 3.86. The van der Waals surface area contributed by atoms with E-state index in [1.54, 1.807) is 13.0 Å². The van der Waals surface area contributed by atoms with Crippen LogP contribution in [0.2, 0.25) is 0 Å². The Labute approximate surface area is 122 Å². The Morgan fingerprint density at radius 2 is 1.50 bits per heavy atom. The quantitative estimate of drug-likeness (QED) is 0.641. The summed E-state index contributed by atoms with van der Waals surface area (Å²) in [6, 6.07) is 3.84. The molecule has 22 heavy (non-hydrogen) atoms. The van der Waals surface area contributed by atoms with Crippen LogP contribution in [-0.2, 0) is 12.4 Å². The molecule has 0 N–H and O–H groups in total. The zero-order valence-corrected chi connectivity index (χ0v) is 11.6. The second kappa shape index (κ2) is 5.30. The minimum atomic E-state index is -4.91. The van der Waals surface area contributed by atoms with Gasteiger partial charge < -0.3 is 0 Å². The van der Waals surface area contributed by atoms with Crippen LogP contribution >= 0.6 is 0 Å². The SMILES string of the molecule is Cc1ccnc(-c2c(C)cc(C(F)(F)F)cc2C(F)(F)F)c1. The van der Waals surface area contributed by atoms with Gasteiger partial charge >= 0.3 is 12.4 Å². The molecule has 0 amide bonds. The highest BCUT2D eigenvalue weighted by molar-refractivity contribution is 5.69. The summed E-state index contributed by atoms with van der Waals surface area (Å²) >= 11 is 0. The molecule has 1 nitrogen and oxygen atoms in total. The van der Waals surface area contributed by atoms with Gasteiger partial charge in [-0.25, -0.2) is 0 Å². The largest absolute Gasteiger partial charge is 0.417 e. The average Bonchev–Trinajstić information content (AvgIpc) is 2.35. The van der Waals surface area contributed by atoms with Crippen molar-refractivity contribution >= 4 is 0 Å². The predicted octanol–water partition coefficient (Wildman–Crippen LogP) is 5.40. The van der Waals surface area contributed by atoms with Crippen LogP contribution in [0.4, 0.5) is 26.3 Å². The van der Waals surface area contributed by atoms with Gasteiger partial charge in [0.25, 0.3) is 0 Å². The fourth-order valence-electron chi connectivity index (χ4n) is 2.19. The highest BCUT2D eigenvalue weighted by Gasteiger charge is 2.39. The molecule has 1 aromatic heterocycles. The molecule has 0 aliphatic rings. The van der Waals surface area contributed by atoms with E-state index in [-0.39, 0.29) is 22.9 Å². The van der Waals surface area contributed by atoms with Crippen molar-refractivity contribution in [3.8, 4) is 11.3 Å². The standard InChI is InChI=1S/C15H11F6N/c1-8-3-4-22-12(5-8)13-9(2)6-10(14(16,17)18)7-11(13)15(19,20)21/h3-7H,1-2H3. The molecule has 0 fully saturated rings. The van der Waals surface area contributed by atoms with Crippen LogP contribution in [0.5, 0.6) is 0 Å². The number of aryl methyl sites for hydroxylation is 2. The van der Waals surface area contributed by atoms with E-state index < -0.39 is 23.5 Å². The molecule has 0 bridgehead atoms. The van der Waals surface area contributed by atoms with E-state index in [4.69, 9.17) is 0 Å². The molecule has 0 saturated carbocycles. The lowest BCUT2D eigenvalue weighted by Crippen LogP contribution is -2.13. The third kappa shape index (κ3) is 3.23. The van der Waals surface area contributed by atoms with E-state index in [0.29, 0.717) is 11.6 Å². The van der Waals surface area contributed by atoms with Crippen molar-refractivity contribution in [2.24, 2.45) is 0 Å². The molecule has 0 spiro atoms. The normalized spacial score (nSPS) is 12.5. The topological polar surface area (TPSA) is 12.9 Å². The molecule has 0 unspecified atom stereocenters. The van der Waals surface area contributed by atoms with Crippen LogP contribution < -0.4 is 0 Å². The first kappa shape index (κ1) is 16.3. The van der Waals surface area contributed by atoms with E-state index in [1.165, 1.54) is 19.2 Å². The summed E-state index contributed by atoms with van der Waals surface area (Å²) in [5, 5.41) is 0. The first-order valence-electron chi connectivity index (χ1n) is 6.22. The van der Waals surface area contributed by atoms with Gasteiger partial charge in [0.2, 0.25) is 0 Å². The lowest BCUT2D eigenvalue weighted by molar-refractivity contribution is -0.142. The highest BCUT2D eigenvalue weighted by Crippen LogP contribution is 2.42. The van der Waals surface area contributed by atoms with E-state index in [2.05, 4.69) is 4.98 Å². The molecule has 2 rings (SSSR count). The van der Waals surface area contributed by atoms with E-state index in [1.807, 2.05) is 0 Å². The summed E-state index contributed by atoms with van der Waals surface area (Å²) in [6.45, 7) is 2.88.